The quantitative estimate of drug-likeness (QED) is 0.211. The number of nitrogens with zero attached hydrogens (tertiary/aromatic N) is 1. The second-order valence-electron chi connectivity index (χ2n) is 11.3. The maximum atomic E-state index is 10.4. The van der Waals surface area contributed by atoms with E-state index in [4.69, 9.17) is 14.2 Å². The van der Waals surface area contributed by atoms with Crippen LogP contribution in [0, 0.1) is 12.3 Å². The summed E-state index contributed by atoms with van der Waals surface area (Å²) in [6.07, 6.45) is -3.55. The topological polar surface area (TPSA) is 158 Å². The lowest BCUT2D eigenvalue weighted by atomic mass is 9.88. The van der Waals surface area contributed by atoms with Gasteiger partial charge in [0.1, 0.15) is 30.2 Å². The normalized spacial score (nSPS) is 24.1. The molecule has 1 aliphatic heterocycles. The highest BCUT2D eigenvalue weighted by molar-refractivity contribution is 5.42. The lowest BCUT2D eigenvalue weighted by Gasteiger charge is -2.39. The van der Waals surface area contributed by atoms with Gasteiger partial charge in [0, 0.05) is 24.3 Å². The molecule has 38 heavy (non-hydrogen) atoms. The Balaban J connectivity index is 1.69. The van der Waals surface area contributed by atoms with Crippen molar-refractivity contribution in [3.8, 4) is 11.6 Å². The molecule has 2 aromatic rings. The zero-order valence-corrected chi connectivity index (χ0v) is 23.1. The molecule has 0 aliphatic carbocycles. The molecule has 0 radical (unpaired) electrons. The number of aliphatic hydroxyl groups is 5. The summed E-state index contributed by atoms with van der Waals surface area (Å²) in [5.41, 5.74) is 3.68. The minimum absolute atomic E-state index is 0.0640. The zero-order valence-electron chi connectivity index (χ0n) is 23.1. The Morgan fingerprint density at radius 3 is 2.45 bits per heavy atom. The molecular weight excluding hydrogens is 492 g/mol. The van der Waals surface area contributed by atoms with E-state index in [2.05, 4.69) is 24.0 Å². The smallest absolute Gasteiger partial charge is 0.238 e. The van der Waals surface area contributed by atoms with Gasteiger partial charge < -0.3 is 39.7 Å². The Bertz CT molecular complexity index is 1020. The van der Waals surface area contributed by atoms with Crippen LogP contribution >= 0.6 is 0 Å². The number of ether oxygens (including phenoxy) is 3. The van der Waals surface area contributed by atoms with Crippen LogP contribution in [0.3, 0.4) is 0 Å². The summed E-state index contributed by atoms with van der Waals surface area (Å²) >= 11 is 0. The van der Waals surface area contributed by atoms with Crippen LogP contribution in [0.15, 0.2) is 18.2 Å². The van der Waals surface area contributed by atoms with Crippen LogP contribution in [-0.4, -0.2) is 86.3 Å². The number of benzene rings is 1. The molecule has 10 nitrogen and oxygen atoms in total. The standard InChI is InChI=1S/C28H44N2O8/c1-16(2)22-20(26(30-29-22)38-27-25(35)24(34)23(33)21(14-31)37-27)13-18-8-9-19(12-17(18)3)36-11-7-6-10-28(4,5)15-32/h8-9,12,16,21,23-25,27,31-35H,6-7,10-11,13-15H2,1-5H3,(H,29,30)/t21-,23-,24+,25-,27+/m1/s1. The largest absolute Gasteiger partial charge is 0.494 e. The van der Waals surface area contributed by atoms with Gasteiger partial charge >= 0.3 is 0 Å². The number of rotatable bonds is 13. The second-order valence-corrected chi connectivity index (χ2v) is 11.3. The third-order valence-electron chi connectivity index (χ3n) is 7.14. The summed E-state index contributed by atoms with van der Waals surface area (Å²) < 4.78 is 17.3. The van der Waals surface area contributed by atoms with Gasteiger partial charge in [-0.2, -0.15) is 0 Å². The van der Waals surface area contributed by atoms with Crippen LogP contribution in [0.1, 0.15) is 75.3 Å². The Labute approximate surface area is 224 Å². The fraction of sp³-hybridized carbons (Fsp3) is 0.679. The number of hydrogen-bond donors (Lipinski definition) is 6. The number of unbranched alkanes of at least 4 members (excludes halogenated alkanes) is 1. The minimum Gasteiger partial charge on any atom is -0.494 e. The van der Waals surface area contributed by atoms with Gasteiger partial charge in [0.2, 0.25) is 12.2 Å². The Kier molecular flexibility index (Phi) is 10.6. The van der Waals surface area contributed by atoms with Crippen LogP contribution in [0.2, 0.25) is 0 Å². The van der Waals surface area contributed by atoms with Crippen molar-refractivity contribution in [1.82, 2.24) is 10.2 Å². The van der Waals surface area contributed by atoms with E-state index in [1.54, 1.807) is 0 Å². The molecule has 1 aromatic heterocycles. The highest BCUT2D eigenvalue weighted by Crippen LogP contribution is 2.32. The van der Waals surface area contributed by atoms with Crippen molar-refractivity contribution < 1.29 is 39.7 Å². The number of aromatic amines is 1. The highest BCUT2D eigenvalue weighted by atomic mass is 16.7. The summed E-state index contributed by atoms with van der Waals surface area (Å²) in [7, 11) is 0. The summed E-state index contributed by atoms with van der Waals surface area (Å²) in [6.45, 7) is 10.4. The maximum Gasteiger partial charge on any atom is 0.238 e. The molecule has 6 N–H and O–H groups in total. The molecule has 0 amide bonds. The monoisotopic (exact) mass is 536 g/mol. The van der Waals surface area contributed by atoms with E-state index in [-0.39, 0.29) is 23.8 Å². The Morgan fingerprint density at radius 1 is 1.08 bits per heavy atom. The van der Waals surface area contributed by atoms with Gasteiger partial charge in [-0.1, -0.05) is 33.8 Å². The minimum atomic E-state index is -1.53. The van der Waals surface area contributed by atoms with Gasteiger partial charge in [-0.15, -0.1) is 5.10 Å². The van der Waals surface area contributed by atoms with Crippen molar-refractivity contribution in [2.45, 2.75) is 96.9 Å². The van der Waals surface area contributed by atoms with Crippen molar-refractivity contribution in [2.24, 2.45) is 5.41 Å². The molecule has 1 aromatic carbocycles. The van der Waals surface area contributed by atoms with Crippen LogP contribution in [-0.2, 0) is 11.2 Å². The number of nitrogens with one attached hydrogen (secondary N) is 1. The fourth-order valence-electron chi connectivity index (χ4n) is 4.50. The van der Waals surface area contributed by atoms with E-state index in [0.29, 0.717) is 13.0 Å². The average Bonchev–Trinajstić information content (AvgIpc) is 3.27. The van der Waals surface area contributed by atoms with Crippen molar-refractivity contribution in [2.75, 3.05) is 19.8 Å². The van der Waals surface area contributed by atoms with Gasteiger partial charge in [0.25, 0.3) is 0 Å². The van der Waals surface area contributed by atoms with Crippen molar-refractivity contribution >= 4 is 0 Å². The molecule has 5 atom stereocenters. The van der Waals surface area contributed by atoms with Crippen molar-refractivity contribution in [3.63, 3.8) is 0 Å². The molecule has 10 heteroatoms. The number of aryl methyl sites for hydroxylation is 1. The first-order chi connectivity index (χ1) is 18.0. The average molecular weight is 537 g/mol. The number of H-pyrrole nitrogens is 1. The lowest BCUT2D eigenvalue weighted by molar-refractivity contribution is -0.278. The van der Waals surface area contributed by atoms with Crippen LogP contribution < -0.4 is 9.47 Å². The van der Waals surface area contributed by atoms with E-state index < -0.39 is 37.3 Å². The molecule has 0 spiro atoms. The summed E-state index contributed by atoms with van der Waals surface area (Å²) in [4.78, 5) is 0. The summed E-state index contributed by atoms with van der Waals surface area (Å²) in [5.74, 6) is 1.13. The lowest BCUT2D eigenvalue weighted by Crippen LogP contribution is -2.60. The van der Waals surface area contributed by atoms with Gasteiger partial charge in [0.05, 0.1) is 13.2 Å². The van der Waals surface area contributed by atoms with Crippen molar-refractivity contribution in [1.29, 1.82) is 0 Å². The third-order valence-corrected chi connectivity index (χ3v) is 7.14. The molecule has 3 rings (SSSR count). The molecule has 2 heterocycles. The predicted octanol–water partition coefficient (Wildman–Crippen LogP) is 2.18. The zero-order chi connectivity index (χ0) is 28.0. The van der Waals surface area contributed by atoms with E-state index >= 15 is 0 Å². The van der Waals surface area contributed by atoms with Gasteiger partial charge in [0.15, 0.2) is 0 Å². The number of aliphatic hydroxyl groups excluding tert-OH is 5. The maximum absolute atomic E-state index is 10.4. The molecule has 0 unspecified atom stereocenters. The van der Waals surface area contributed by atoms with Crippen LogP contribution in [0.5, 0.6) is 11.6 Å². The number of hydrogen-bond acceptors (Lipinski definition) is 9. The molecule has 0 saturated carbocycles. The predicted molar refractivity (Wildman–Crippen MR) is 141 cm³/mol. The molecule has 0 bridgehead atoms. The summed E-state index contributed by atoms with van der Waals surface area (Å²) in [6, 6.07) is 5.95. The second kappa shape index (κ2) is 13.2. The van der Waals surface area contributed by atoms with E-state index in [1.165, 1.54) is 0 Å². The Morgan fingerprint density at radius 2 is 1.82 bits per heavy atom. The van der Waals surface area contributed by atoms with Gasteiger partial charge in [-0.05, 0) is 60.8 Å². The first-order valence-corrected chi connectivity index (χ1v) is 13.3. The summed E-state index contributed by atoms with van der Waals surface area (Å²) in [5, 5.41) is 56.8. The molecule has 1 fully saturated rings. The number of aromatic nitrogens is 2. The van der Waals surface area contributed by atoms with Gasteiger partial charge in [-0.3, -0.25) is 5.10 Å². The first-order valence-electron chi connectivity index (χ1n) is 13.3. The van der Waals surface area contributed by atoms with E-state index in [9.17, 15) is 25.5 Å². The van der Waals surface area contributed by atoms with Gasteiger partial charge in [-0.25, -0.2) is 0 Å². The third kappa shape index (κ3) is 7.46. The first kappa shape index (κ1) is 30.3. The SMILES string of the molecule is Cc1cc(OCCCCC(C)(C)CO)ccc1Cc1c(O[C@@H]2O[C@H](CO)[C@@H](O)[C@H](O)[C@H]2O)n[nH]c1C(C)C. The van der Waals surface area contributed by atoms with Crippen molar-refractivity contribution in [3.05, 3.63) is 40.6 Å². The van der Waals surface area contributed by atoms with E-state index in [1.807, 2.05) is 39.0 Å². The molecule has 214 valence electrons. The fourth-order valence-corrected chi connectivity index (χ4v) is 4.50. The van der Waals surface area contributed by atoms with E-state index in [0.717, 1.165) is 47.4 Å². The van der Waals surface area contributed by atoms with Crippen LogP contribution in [0.25, 0.3) is 0 Å². The molecular formula is C28H44N2O8. The highest BCUT2D eigenvalue weighted by Gasteiger charge is 2.45. The van der Waals surface area contributed by atoms with Crippen LogP contribution in [0.4, 0.5) is 0 Å². The molecule has 1 saturated heterocycles. The molecule has 1 aliphatic rings. The Hall–Kier alpha value is -2.21.